The number of hydrogen-bond donors (Lipinski definition) is 1. The van der Waals surface area contributed by atoms with Gasteiger partial charge in [0, 0.05) is 30.6 Å². The van der Waals surface area contributed by atoms with Crippen LogP contribution in [0.4, 0.5) is 0 Å². The smallest absolute Gasteiger partial charge is 0.234 e. The lowest BCUT2D eigenvalue weighted by Gasteiger charge is -2.24. The fraction of sp³-hybridized carbons (Fsp3) is 0.667. The number of carbonyl (C=O) groups excluding carboxylic acids is 1. The first-order valence-electron chi connectivity index (χ1n) is 7.29. The van der Waals surface area contributed by atoms with Gasteiger partial charge in [-0.05, 0) is 38.1 Å². The topological polar surface area (TPSA) is 41.6 Å². The van der Waals surface area contributed by atoms with Crippen LogP contribution in [0.5, 0.6) is 0 Å². The first-order chi connectivity index (χ1) is 9.63. The summed E-state index contributed by atoms with van der Waals surface area (Å²) >= 11 is 1.74. The van der Waals surface area contributed by atoms with Crippen LogP contribution in [0.25, 0.3) is 0 Å². The zero-order chi connectivity index (χ0) is 14.4. The Morgan fingerprint density at radius 2 is 2.45 bits per heavy atom. The van der Waals surface area contributed by atoms with Crippen molar-refractivity contribution in [2.24, 2.45) is 0 Å². The second-order valence-corrected chi connectivity index (χ2v) is 6.64. The largest absolute Gasteiger partial charge is 0.377 e. The third kappa shape index (κ3) is 5.23. The molecule has 0 radical (unpaired) electrons. The number of amides is 1. The Morgan fingerprint density at radius 1 is 1.60 bits per heavy atom. The van der Waals surface area contributed by atoms with Gasteiger partial charge < -0.3 is 10.1 Å². The molecule has 1 N–H and O–H groups in total. The van der Waals surface area contributed by atoms with Crippen LogP contribution in [-0.4, -0.2) is 42.6 Å². The maximum atomic E-state index is 12.0. The molecule has 1 atom stereocenters. The van der Waals surface area contributed by atoms with Crippen LogP contribution in [0.3, 0.4) is 0 Å². The van der Waals surface area contributed by atoms with Gasteiger partial charge in [0.15, 0.2) is 0 Å². The molecule has 5 heteroatoms. The Labute approximate surface area is 125 Å². The van der Waals surface area contributed by atoms with Gasteiger partial charge in [-0.15, -0.1) is 11.3 Å². The molecular formula is C15H24N2O2S. The Kier molecular flexibility index (Phi) is 6.01. The van der Waals surface area contributed by atoms with E-state index >= 15 is 0 Å². The van der Waals surface area contributed by atoms with Gasteiger partial charge in [0.1, 0.15) is 0 Å². The quantitative estimate of drug-likeness (QED) is 0.839. The molecule has 1 unspecified atom stereocenters. The van der Waals surface area contributed by atoms with E-state index in [0.717, 1.165) is 32.5 Å². The van der Waals surface area contributed by atoms with Crippen molar-refractivity contribution in [2.75, 3.05) is 19.7 Å². The molecule has 1 amide bonds. The lowest BCUT2D eigenvalue weighted by Crippen LogP contribution is -2.42. The van der Waals surface area contributed by atoms with Gasteiger partial charge in [-0.25, -0.2) is 0 Å². The zero-order valence-corrected chi connectivity index (χ0v) is 13.1. The Balaban J connectivity index is 1.89. The summed E-state index contributed by atoms with van der Waals surface area (Å²) in [7, 11) is 0. The molecule has 1 aromatic rings. The molecule has 4 nitrogen and oxygen atoms in total. The Hall–Kier alpha value is -0.910. The summed E-state index contributed by atoms with van der Waals surface area (Å²) in [6, 6.07) is 4.36. The summed E-state index contributed by atoms with van der Waals surface area (Å²) in [5.41, 5.74) is 0. The Morgan fingerprint density at radius 3 is 3.05 bits per heavy atom. The fourth-order valence-corrected chi connectivity index (χ4v) is 3.20. The highest BCUT2D eigenvalue weighted by Gasteiger charge is 2.21. The second kappa shape index (κ2) is 7.76. The van der Waals surface area contributed by atoms with Crippen LogP contribution in [-0.2, 0) is 16.1 Å². The monoisotopic (exact) mass is 296 g/mol. The van der Waals surface area contributed by atoms with Crippen LogP contribution in [0.15, 0.2) is 17.5 Å². The molecule has 0 bridgehead atoms. The molecule has 1 saturated heterocycles. The highest BCUT2D eigenvalue weighted by molar-refractivity contribution is 7.09. The minimum atomic E-state index is 0.0922. The third-order valence-corrected chi connectivity index (χ3v) is 4.12. The molecule has 0 spiro atoms. The highest BCUT2D eigenvalue weighted by atomic mass is 32.1. The van der Waals surface area contributed by atoms with Crippen LogP contribution < -0.4 is 5.32 Å². The number of rotatable bonds is 7. The first-order valence-corrected chi connectivity index (χ1v) is 8.17. The molecule has 2 heterocycles. The lowest BCUT2D eigenvalue weighted by atomic mass is 10.2. The molecule has 0 aliphatic carbocycles. The van der Waals surface area contributed by atoms with Gasteiger partial charge in [0.25, 0.3) is 0 Å². The van der Waals surface area contributed by atoms with E-state index in [2.05, 4.69) is 27.7 Å². The third-order valence-electron chi connectivity index (χ3n) is 3.26. The van der Waals surface area contributed by atoms with Crippen molar-refractivity contribution in [2.45, 2.75) is 45.4 Å². The number of thiophene rings is 1. The minimum absolute atomic E-state index is 0.0922. The van der Waals surface area contributed by atoms with E-state index in [1.54, 1.807) is 11.3 Å². The van der Waals surface area contributed by atoms with Crippen molar-refractivity contribution in [1.82, 2.24) is 10.2 Å². The summed E-state index contributed by atoms with van der Waals surface area (Å²) in [6.45, 7) is 6.93. The predicted octanol–water partition coefficient (Wildman–Crippen LogP) is 2.25. The van der Waals surface area contributed by atoms with E-state index in [-0.39, 0.29) is 18.1 Å². The van der Waals surface area contributed by atoms with Crippen LogP contribution in [0.2, 0.25) is 0 Å². The average Bonchev–Trinajstić information content (AvgIpc) is 3.00. The molecule has 112 valence electrons. The van der Waals surface area contributed by atoms with E-state index in [1.165, 1.54) is 4.88 Å². The number of ether oxygens (including phenoxy) is 1. The maximum Gasteiger partial charge on any atom is 0.234 e. The Bertz CT molecular complexity index is 400. The molecule has 0 saturated carbocycles. The average molecular weight is 296 g/mol. The predicted molar refractivity (Wildman–Crippen MR) is 81.8 cm³/mol. The van der Waals surface area contributed by atoms with Crippen molar-refractivity contribution in [3.05, 3.63) is 22.4 Å². The van der Waals surface area contributed by atoms with Crippen LogP contribution in [0.1, 0.15) is 31.6 Å². The van der Waals surface area contributed by atoms with E-state index in [9.17, 15) is 4.79 Å². The van der Waals surface area contributed by atoms with Gasteiger partial charge in [0.05, 0.1) is 12.6 Å². The van der Waals surface area contributed by atoms with E-state index in [0.29, 0.717) is 6.54 Å². The first kappa shape index (κ1) is 15.5. The molecule has 20 heavy (non-hydrogen) atoms. The summed E-state index contributed by atoms with van der Waals surface area (Å²) in [4.78, 5) is 15.5. The second-order valence-electron chi connectivity index (χ2n) is 5.61. The molecule has 1 fully saturated rings. The molecule has 0 aromatic carbocycles. The van der Waals surface area contributed by atoms with Crippen LogP contribution in [0, 0.1) is 0 Å². The minimum Gasteiger partial charge on any atom is -0.377 e. The van der Waals surface area contributed by atoms with E-state index in [4.69, 9.17) is 4.74 Å². The number of hydrogen-bond acceptors (Lipinski definition) is 4. The maximum absolute atomic E-state index is 12.0. The van der Waals surface area contributed by atoms with E-state index < -0.39 is 0 Å². The number of nitrogens with zero attached hydrogens (tertiary/aromatic N) is 1. The molecular weight excluding hydrogens is 272 g/mol. The van der Waals surface area contributed by atoms with Crippen molar-refractivity contribution >= 4 is 17.2 Å². The summed E-state index contributed by atoms with van der Waals surface area (Å²) < 4.78 is 5.70. The molecule has 2 rings (SSSR count). The van der Waals surface area contributed by atoms with Gasteiger partial charge in [-0.1, -0.05) is 6.07 Å². The highest BCUT2D eigenvalue weighted by Crippen LogP contribution is 2.16. The normalized spacial score (nSPS) is 18.9. The zero-order valence-electron chi connectivity index (χ0n) is 12.3. The van der Waals surface area contributed by atoms with E-state index in [1.807, 2.05) is 13.8 Å². The molecule has 1 aromatic heterocycles. The fourth-order valence-electron chi connectivity index (χ4n) is 2.45. The number of carbonyl (C=O) groups is 1. The van der Waals surface area contributed by atoms with Gasteiger partial charge >= 0.3 is 0 Å². The van der Waals surface area contributed by atoms with Crippen molar-refractivity contribution < 1.29 is 9.53 Å². The number of nitrogens with one attached hydrogen (secondary N) is 1. The van der Waals surface area contributed by atoms with Crippen molar-refractivity contribution in [1.29, 1.82) is 0 Å². The van der Waals surface area contributed by atoms with Gasteiger partial charge in [-0.2, -0.15) is 0 Å². The summed E-state index contributed by atoms with van der Waals surface area (Å²) in [6.07, 6.45) is 2.52. The van der Waals surface area contributed by atoms with Gasteiger partial charge in [0.2, 0.25) is 5.91 Å². The SMILES string of the molecule is CC(C)NC(=O)CN(Cc1cccs1)CC1CCCO1. The molecule has 1 aliphatic heterocycles. The lowest BCUT2D eigenvalue weighted by molar-refractivity contribution is -0.123. The van der Waals surface area contributed by atoms with Crippen molar-refractivity contribution in [3.8, 4) is 0 Å². The van der Waals surface area contributed by atoms with Crippen LogP contribution >= 0.6 is 11.3 Å². The standard InChI is InChI=1S/C15H24N2O2S/c1-12(2)16-15(18)11-17(9-13-5-3-7-19-13)10-14-6-4-8-20-14/h4,6,8,12-13H,3,5,7,9-11H2,1-2H3,(H,16,18). The summed E-state index contributed by atoms with van der Waals surface area (Å²) in [5, 5.41) is 5.04. The van der Waals surface area contributed by atoms with Gasteiger partial charge in [-0.3, -0.25) is 9.69 Å². The van der Waals surface area contributed by atoms with Crippen molar-refractivity contribution in [3.63, 3.8) is 0 Å². The summed E-state index contributed by atoms with van der Waals surface area (Å²) in [5.74, 6) is 0.0922. The molecule has 1 aliphatic rings.